The molecule has 3 aromatic rings. The predicted molar refractivity (Wildman–Crippen MR) is 186 cm³/mol. The number of aliphatic imine (C=N–C) groups is 2. The molecule has 1 fully saturated rings. The summed E-state index contributed by atoms with van der Waals surface area (Å²) in [5, 5.41) is 10.2. The molecule has 278 valence electrons. The maximum Gasteiger partial charge on any atom is 0.407 e. The van der Waals surface area contributed by atoms with Crippen molar-refractivity contribution >= 4 is 47.8 Å². The number of amides is 2. The number of guanidine groups is 1. The molecule has 4 N–H and O–H groups in total. The average molecular weight is 750 g/mol. The Hall–Kier alpha value is -5.06. The molecule has 0 spiro atoms. The van der Waals surface area contributed by atoms with Crippen molar-refractivity contribution in [2.45, 2.75) is 76.8 Å². The van der Waals surface area contributed by atoms with Gasteiger partial charge >= 0.3 is 12.6 Å². The first kappa shape index (κ1) is 38.2. The molecular weight excluding hydrogens is 713 g/mol. The summed E-state index contributed by atoms with van der Waals surface area (Å²) in [6.45, 7) is 2.55. The van der Waals surface area contributed by atoms with Gasteiger partial charge in [-0.2, -0.15) is 19.0 Å². The van der Waals surface area contributed by atoms with Crippen LogP contribution < -0.4 is 16.5 Å². The Bertz CT molecular complexity index is 1850. The van der Waals surface area contributed by atoms with Gasteiger partial charge in [-0.1, -0.05) is 62.7 Å². The van der Waals surface area contributed by atoms with Crippen molar-refractivity contribution in [3.05, 3.63) is 71.0 Å². The number of alkyl halides is 5. The highest BCUT2D eigenvalue weighted by atomic mass is 35.5. The molecule has 5 rings (SSSR count). The van der Waals surface area contributed by atoms with Crippen molar-refractivity contribution < 1.29 is 36.3 Å². The van der Waals surface area contributed by atoms with Crippen LogP contribution in [0.4, 0.5) is 32.4 Å². The van der Waals surface area contributed by atoms with Gasteiger partial charge in [0.2, 0.25) is 6.43 Å². The van der Waals surface area contributed by atoms with Gasteiger partial charge in [-0.05, 0) is 40.7 Å². The van der Waals surface area contributed by atoms with E-state index >= 15 is 0 Å². The van der Waals surface area contributed by atoms with E-state index in [1.165, 1.54) is 29.4 Å². The van der Waals surface area contributed by atoms with Crippen LogP contribution in [-0.4, -0.2) is 70.4 Å². The number of hydrogen-bond acceptors (Lipinski definition) is 8. The van der Waals surface area contributed by atoms with Crippen LogP contribution in [0.1, 0.15) is 63.8 Å². The molecule has 2 aliphatic rings. The number of carbonyl (C=O) groups is 2. The molecular formula is C34H37ClF5N9O3. The minimum atomic E-state index is -2.81. The molecule has 1 saturated carbocycles. The van der Waals surface area contributed by atoms with Crippen LogP contribution in [0.2, 0.25) is 5.02 Å². The smallest absolute Gasteiger partial charge is 0.407 e. The molecule has 2 amide bonds. The van der Waals surface area contributed by atoms with Gasteiger partial charge in [0.1, 0.15) is 19.1 Å². The van der Waals surface area contributed by atoms with Gasteiger partial charge < -0.3 is 15.8 Å². The first-order chi connectivity index (χ1) is 24.6. The molecule has 0 saturated heterocycles. The second-order valence-corrected chi connectivity index (χ2v) is 13.9. The molecule has 0 bridgehead atoms. The maximum absolute atomic E-state index is 14.8. The molecule has 52 heavy (non-hydrogen) atoms. The van der Waals surface area contributed by atoms with E-state index in [1.54, 1.807) is 30.3 Å². The quantitative estimate of drug-likeness (QED) is 0.0696. The molecule has 18 heteroatoms. The van der Waals surface area contributed by atoms with E-state index in [1.807, 2.05) is 20.8 Å². The lowest BCUT2D eigenvalue weighted by Crippen LogP contribution is -2.47. The Morgan fingerprint density at radius 2 is 1.88 bits per heavy atom. The third-order valence-corrected chi connectivity index (χ3v) is 8.51. The highest BCUT2D eigenvalue weighted by Gasteiger charge is 2.53. The number of carbonyl (C=O) groups excluding carboxylic acids is 2. The van der Waals surface area contributed by atoms with Gasteiger partial charge in [-0.3, -0.25) is 15.1 Å². The van der Waals surface area contributed by atoms with E-state index in [9.17, 15) is 31.5 Å². The summed E-state index contributed by atoms with van der Waals surface area (Å²) in [7, 11) is 0. The fraction of sp³-hybridized carbons (Fsp3) is 0.412. The third kappa shape index (κ3) is 9.05. The first-order valence-electron chi connectivity index (χ1n) is 16.1. The second kappa shape index (κ2) is 15.7. The normalized spacial score (nSPS) is 21.0. The molecule has 2 heterocycles. The molecule has 12 nitrogen and oxygen atoms in total. The van der Waals surface area contributed by atoms with Crippen molar-refractivity contribution in [3.8, 4) is 11.1 Å². The molecule has 2 aromatic carbocycles. The first-order valence-corrected chi connectivity index (χ1v) is 16.5. The number of nitrogens with one attached hydrogen (secondary N) is 2. The van der Waals surface area contributed by atoms with Crippen molar-refractivity contribution in [3.63, 3.8) is 0 Å². The molecule has 1 aliphatic heterocycles. The Morgan fingerprint density at radius 3 is 2.50 bits per heavy atom. The summed E-state index contributed by atoms with van der Waals surface area (Å²) in [5.74, 6) is -0.707. The van der Waals surface area contributed by atoms with E-state index in [2.05, 4.69) is 25.9 Å². The second-order valence-electron chi connectivity index (χ2n) is 13.5. The summed E-state index contributed by atoms with van der Waals surface area (Å²) in [6.07, 6.45) is -0.307. The number of alkyl carbamates (subject to hydrolysis) is 1. The van der Waals surface area contributed by atoms with E-state index in [-0.39, 0.29) is 29.5 Å². The van der Waals surface area contributed by atoms with Crippen LogP contribution in [-0.2, 0) is 15.1 Å². The van der Waals surface area contributed by atoms with Crippen molar-refractivity contribution in [2.24, 2.45) is 26.2 Å². The van der Waals surface area contributed by atoms with Crippen LogP contribution in [0.15, 0.2) is 69.9 Å². The van der Waals surface area contributed by atoms with E-state index in [0.29, 0.717) is 26.9 Å². The minimum Gasteiger partial charge on any atom is -0.447 e. The number of hydrogen-bond donors (Lipinski definition) is 3. The summed E-state index contributed by atoms with van der Waals surface area (Å²) in [4.78, 5) is 37.1. The monoisotopic (exact) mass is 749 g/mol. The van der Waals surface area contributed by atoms with Crippen molar-refractivity contribution in [1.82, 2.24) is 20.0 Å². The highest BCUT2D eigenvalue weighted by Crippen LogP contribution is 2.45. The molecule has 0 unspecified atom stereocenters. The Kier molecular flexibility index (Phi) is 11.5. The van der Waals surface area contributed by atoms with Gasteiger partial charge in [0.25, 0.3) is 5.91 Å². The highest BCUT2D eigenvalue weighted by molar-refractivity contribution is 6.33. The zero-order valence-corrected chi connectivity index (χ0v) is 29.1. The molecule has 0 radical (unpaired) electrons. The van der Waals surface area contributed by atoms with Crippen LogP contribution in [0, 0.1) is 5.41 Å². The van der Waals surface area contributed by atoms with Gasteiger partial charge in [0.05, 0.1) is 29.0 Å². The van der Waals surface area contributed by atoms with Crippen LogP contribution in [0.25, 0.3) is 11.1 Å². The van der Waals surface area contributed by atoms with E-state index < -0.39 is 67.2 Å². The lowest BCUT2D eigenvalue weighted by atomic mass is 9.75. The lowest BCUT2D eigenvalue weighted by Gasteiger charge is -2.35. The number of nitrogens with two attached hydrogens (primary N) is 1. The van der Waals surface area contributed by atoms with E-state index in [4.69, 9.17) is 27.1 Å². The minimum absolute atomic E-state index is 0.157. The number of anilines is 1. The molecule has 4 atom stereocenters. The summed E-state index contributed by atoms with van der Waals surface area (Å²) < 4.78 is 70.6. The van der Waals surface area contributed by atoms with Crippen molar-refractivity contribution in [1.29, 1.82) is 0 Å². The zero-order valence-electron chi connectivity index (χ0n) is 28.3. The SMILES string of the molecule is CC(C)(C)C[C@]1(c2ccc(-c3cnn(C(F)F)c3)cc2)N=C(N)N([C@H](COC(=O)N[C@H]2C[C@H]2F)c2ccc(Cl)c(N/N=C\N=CCC(F)F)c2)C1=O. The standard InChI is InChI=1S/C34H37ClF5N9O3/c1-33(2,3)17-34(22-7-4-19(5-8-22)21-14-44-48(15-21)30(39)40)29(50)49(31(41)46-34)27(16-52-32(51)45-26-13-24(26)36)20-6-9-23(35)25(12-20)47-43-18-42-11-10-28(37)38/h4-9,11-12,14-15,18,24,26-28,30,47H,10,13,16-17H2,1-3H3,(H2,41,46)(H,45,51)/b42-11?,43-18-/t24-,26+,27-,34-/m1/s1. The molecule has 1 aliphatic carbocycles. The Labute approximate surface area is 300 Å². The third-order valence-electron chi connectivity index (χ3n) is 8.18. The van der Waals surface area contributed by atoms with Crippen LogP contribution >= 0.6 is 11.6 Å². The Balaban J connectivity index is 1.49. The number of halogens is 6. The average Bonchev–Trinajstić information content (AvgIpc) is 3.44. The van der Waals surface area contributed by atoms with Crippen LogP contribution in [0.3, 0.4) is 0 Å². The number of aromatic nitrogens is 2. The number of benzene rings is 2. The van der Waals surface area contributed by atoms with Crippen LogP contribution in [0.5, 0.6) is 0 Å². The van der Waals surface area contributed by atoms with Gasteiger partial charge in [-0.25, -0.2) is 32.6 Å². The summed E-state index contributed by atoms with van der Waals surface area (Å²) in [6, 6.07) is 9.56. The van der Waals surface area contributed by atoms with E-state index in [0.717, 1.165) is 12.6 Å². The summed E-state index contributed by atoms with van der Waals surface area (Å²) >= 11 is 6.40. The number of rotatable bonds is 14. The largest absolute Gasteiger partial charge is 0.447 e. The lowest BCUT2D eigenvalue weighted by molar-refractivity contribution is -0.135. The van der Waals surface area contributed by atoms with Gasteiger partial charge in [0, 0.05) is 30.8 Å². The topological polar surface area (TPSA) is 152 Å². The number of nitrogens with zero attached hydrogens (tertiary/aromatic N) is 6. The fourth-order valence-corrected chi connectivity index (χ4v) is 5.90. The number of ether oxygens (including phenoxy) is 1. The maximum atomic E-state index is 14.8. The van der Waals surface area contributed by atoms with Gasteiger partial charge in [-0.15, -0.1) is 0 Å². The Morgan fingerprint density at radius 1 is 1.17 bits per heavy atom. The fourth-order valence-electron chi connectivity index (χ4n) is 5.74. The van der Waals surface area contributed by atoms with Gasteiger partial charge in [0.15, 0.2) is 11.5 Å². The van der Waals surface area contributed by atoms with Crippen molar-refractivity contribution in [2.75, 3.05) is 12.0 Å². The zero-order chi connectivity index (χ0) is 37.8. The number of hydrazone groups is 1. The predicted octanol–water partition coefficient (Wildman–Crippen LogP) is 7.05. The summed E-state index contributed by atoms with van der Waals surface area (Å²) in [5.41, 5.74) is 9.33. The molecule has 1 aromatic heterocycles.